The summed E-state index contributed by atoms with van der Waals surface area (Å²) in [5.74, 6) is 0.430. The van der Waals surface area contributed by atoms with Crippen LogP contribution in [0.2, 0.25) is 0 Å². The molecule has 0 unspecified atom stereocenters. The Morgan fingerprint density at radius 2 is 1.82 bits per heavy atom. The topological polar surface area (TPSA) is 113 Å². The predicted molar refractivity (Wildman–Crippen MR) is 106 cm³/mol. The first-order valence-electron chi connectivity index (χ1n) is 9.25. The number of anilines is 2. The number of nitrogens with zero attached hydrogens (tertiary/aromatic N) is 4. The van der Waals surface area contributed by atoms with Crippen LogP contribution in [0.4, 0.5) is 17.3 Å². The number of hydrogen-bond acceptors (Lipinski definition) is 7. The number of nitro benzene ring substituents is 1. The van der Waals surface area contributed by atoms with Crippen molar-refractivity contribution in [3.63, 3.8) is 0 Å². The molecule has 9 heteroatoms. The third-order valence-electron chi connectivity index (χ3n) is 4.83. The van der Waals surface area contributed by atoms with Crippen molar-refractivity contribution < 1.29 is 9.72 Å². The molecule has 3 rings (SSSR count). The Hall–Kier alpha value is -3.23. The van der Waals surface area contributed by atoms with Gasteiger partial charge in [0.15, 0.2) is 0 Å². The van der Waals surface area contributed by atoms with Crippen LogP contribution in [0.1, 0.15) is 41.5 Å². The summed E-state index contributed by atoms with van der Waals surface area (Å²) in [4.78, 5) is 34.0. The zero-order valence-corrected chi connectivity index (χ0v) is 16.2. The fourth-order valence-electron chi connectivity index (χ4n) is 3.31. The smallest absolute Gasteiger partial charge is 0.272 e. The molecule has 148 valence electrons. The van der Waals surface area contributed by atoms with Gasteiger partial charge in [0, 0.05) is 36.6 Å². The summed E-state index contributed by atoms with van der Waals surface area (Å²) in [6.07, 6.45) is 2.04. The van der Waals surface area contributed by atoms with E-state index in [9.17, 15) is 14.9 Å². The Bertz CT molecular complexity index is 873. The summed E-state index contributed by atoms with van der Waals surface area (Å²) in [6, 6.07) is 6.22. The first-order valence-corrected chi connectivity index (χ1v) is 9.25. The maximum absolute atomic E-state index is 12.8. The van der Waals surface area contributed by atoms with Crippen molar-refractivity contribution in [2.75, 3.05) is 23.4 Å². The van der Waals surface area contributed by atoms with Gasteiger partial charge in [-0.2, -0.15) is 0 Å². The van der Waals surface area contributed by atoms with Crippen LogP contribution in [0.5, 0.6) is 0 Å². The minimum absolute atomic E-state index is 0.123. The molecule has 2 N–H and O–H groups in total. The number of amides is 1. The fourth-order valence-corrected chi connectivity index (χ4v) is 3.31. The van der Waals surface area contributed by atoms with Crippen molar-refractivity contribution in [2.45, 2.75) is 33.6 Å². The van der Waals surface area contributed by atoms with Crippen LogP contribution < -0.4 is 15.8 Å². The predicted octanol–water partition coefficient (Wildman–Crippen LogP) is 2.99. The molecular weight excluding hydrogens is 360 g/mol. The maximum Gasteiger partial charge on any atom is 0.272 e. The van der Waals surface area contributed by atoms with Crippen LogP contribution in [0.3, 0.4) is 0 Å². The average molecular weight is 384 g/mol. The molecule has 1 fully saturated rings. The molecule has 1 aromatic heterocycles. The quantitative estimate of drug-likeness (QED) is 0.602. The fraction of sp³-hybridized carbons (Fsp3) is 0.421. The lowest BCUT2D eigenvalue weighted by molar-refractivity contribution is -0.384. The van der Waals surface area contributed by atoms with E-state index in [0.717, 1.165) is 37.3 Å². The third kappa shape index (κ3) is 4.54. The van der Waals surface area contributed by atoms with E-state index in [4.69, 9.17) is 0 Å². The third-order valence-corrected chi connectivity index (χ3v) is 4.83. The molecule has 0 atom stereocenters. The number of hydrogen-bond donors (Lipinski definition) is 2. The van der Waals surface area contributed by atoms with E-state index in [1.807, 2.05) is 19.9 Å². The summed E-state index contributed by atoms with van der Waals surface area (Å²) in [6.45, 7) is 7.49. The normalized spacial score (nSPS) is 14.6. The monoisotopic (exact) mass is 384 g/mol. The molecule has 1 aliphatic heterocycles. The number of benzene rings is 1. The van der Waals surface area contributed by atoms with E-state index >= 15 is 0 Å². The Morgan fingerprint density at radius 1 is 1.18 bits per heavy atom. The van der Waals surface area contributed by atoms with Gasteiger partial charge < -0.3 is 4.90 Å². The van der Waals surface area contributed by atoms with E-state index < -0.39 is 10.8 Å². The Kier molecular flexibility index (Phi) is 5.72. The van der Waals surface area contributed by atoms with E-state index in [1.54, 1.807) is 6.07 Å². The lowest BCUT2D eigenvalue weighted by Crippen LogP contribution is -2.36. The Labute approximate surface area is 163 Å². The molecule has 1 aliphatic rings. The van der Waals surface area contributed by atoms with Crippen molar-refractivity contribution in [1.29, 1.82) is 0 Å². The number of aromatic nitrogens is 2. The van der Waals surface area contributed by atoms with Crippen molar-refractivity contribution in [3.05, 3.63) is 51.3 Å². The second-order valence-corrected chi connectivity index (χ2v) is 7.18. The summed E-state index contributed by atoms with van der Waals surface area (Å²) in [5, 5.41) is 11.2. The van der Waals surface area contributed by atoms with Gasteiger partial charge in [-0.1, -0.05) is 6.92 Å². The molecule has 1 amide bonds. The van der Waals surface area contributed by atoms with Gasteiger partial charge in [-0.15, -0.1) is 0 Å². The maximum atomic E-state index is 12.8. The minimum atomic E-state index is -0.501. The molecule has 0 radical (unpaired) electrons. The molecule has 0 bridgehead atoms. The van der Waals surface area contributed by atoms with Gasteiger partial charge in [0.1, 0.15) is 0 Å². The van der Waals surface area contributed by atoms with Gasteiger partial charge in [0.25, 0.3) is 11.6 Å². The van der Waals surface area contributed by atoms with Crippen LogP contribution in [-0.2, 0) is 0 Å². The van der Waals surface area contributed by atoms with Crippen LogP contribution in [0.15, 0.2) is 24.3 Å². The molecule has 1 saturated heterocycles. The molecule has 2 aromatic rings. The first-order chi connectivity index (χ1) is 13.3. The number of piperidine rings is 1. The highest BCUT2D eigenvalue weighted by Crippen LogP contribution is 2.29. The largest absolute Gasteiger partial charge is 0.371 e. The summed E-state index contributed by atoms with van der Waals surface area (Å²) < 4.78 is 0. The zero-order valence-electron chi connectivity index (χ0n) is 16.2. The lowest BCUT2D eigenvalue weighted by Gasteiger charge is -2.33. The highest BCUT2D eigenvalue weighted by molar-refractivity contribution is 6.01. The first kappa shape index (κ1) is 19.5. The van der Waals surface area contributed by atoms with E-state index in [-0.39, 0.29) is 17.2 Å². The van der Waals surface area contributed by atoms with Gasteiger partial charge in [-0.05, 0) is 44.7 Å². The molecule has 0 spiro atoms. The highest BCUT2D eigenvalue weighted by Gasteiger charge is 2.23. The van der Waals surface area contributed by atoms with Gasteiger partial charge in [0.05, 0.1) is 16.2 Å². The number of rotatable bonds is 5. The second-order valence-electron chi connectivity index (χ2n) is 7.18. The lowest BCUT2D eigenvalue weighted by atomic mass is 9.98. The van der Waals surface area contributed by atoms with Gasteiger partial charge in [0.2, 0.25) is 5.95 Å². The van der Waals surface area contributed by atoms with Crippen LogP contribution >= 0.6 is 0 Å². The molecule has 1 aromatic carbocycles. The number of carbonyl (C=O) groups is 1. The SMILES string of the molecule is Cc1cc(C)nc(NNC(=O)c2cc([N+](=O)[O-])ccc2N2CCC(C)CC2)n1. The number of aryl methyl sites for hydroxylation is 2. The van der Waals surface area contributed by atoms with Crippen LogP contribution in [-0.4, -0.2) is 33.9 Å². The van der Waals surface area contributed by atoms with Gasteiger partial charge in [-0.3, -0.25) is 25.8 Å². The van der Waals surface area contributed by atoms with Crippen molar-refractivity contribution in [1.82, 2.24) is 15.4 Å². The summed E-state index contributed by atoms with van der Waals surface area (Å²) >= 11 is 0. The standard InChI is InChI=1S/C19H24N6O3/c1-12-6-8-24(9-7-12)17-5-4-15(25(27)28)11-16(17)18(26)22-23-19-20-13(2)10-14(3)21-19/h4-5,10-12H,6-9H2,1-3H3,(H,22,26)(H,20,21,23). The van der Waals surface area contributed by atoms with Crippen molar-refractivity contribution >= 4 is 23.2 Å². The second kappa shape index (κ2) is 8.20. The Morgan fingerprint density at radius 3 is 2.43 bits per heavy atom. The number of non-ortho nitro benzene ring substituents is 1. The minimum Gasteiger partial charge on any atom is -0.371 e. The Balaban J connectivity index is 1.83. The van der Waals surface area contributed by atoms with Crippen molar-refractivity contribution in [2.24, 2.45) is 5.92 Å². The van der Waals surface area contributed by atoms with Crippen LogP contribution in [0.25, 0.3) is 0 Å². The molecule has 0 aliphatic carbocycles. The number of carbonyl (C=O) groups excluding carboxylic acids is 1. The molecule has 9 nitrogen and oxygen atoms in total. The summed E-state index contributed by atoms with van der Waals surface area (Å²) in [7, 11) is 0. The van der Waals surface area contributed by atoms with Gasteiger partial charge >= 0.3 is 0 Å². The van der Waals surface area contributed by atoms with E-state index in [2.05, 4.69) is 32.6 Å². The number of nitrogens with one attached hydrogen (secondary N) is 2. The van der Waals surface area contributed by atoms with E-state index in [0.29, 0.717) is 11.6 Å². The molecule has 2 heterocycles. The van der Waals surface area contributed by atoms with Crippen molar-refractivity contribution in [3.8, 4) is 0 Å². The number of hydrazine groups is 1. The summed E-state index contributed by atoms with van der Waals surface area (Å²) in [5.41, 5.74) is 7.61. The molecule has 0 saturated carbocycles. The number of nitro groups is 1. The zero-order chi connectivity index (χ0) is 20.3. The van der Waals surface area contributed by atoms with Gasteiger partial charge in [-0.25, -0.2) is 9.97 Å². The molecule has 28 heavy (non-hydrogen) atoms. The van der Waals surface area contributed by atoms with E-state index in [1.165, 1.54) is 12.1 Å². The molecular formula is C19H24N6O3. The van der Waals surface area contributed by atoms with Crippen LogP contribution in [0, 0.1) is 29.9 Å². The highest BCUT2D eigenvalue weighted by atomic mass is 16.6. The average Bonchev–Trinajstić information content (AvgIpc) is 2.65.